The Bertz CT molecular complexity index is 931. The fourth-order valence-corrected chi connectivity index (χ4v) is 4.14. The molecule has 140 valence electrons. The zero-order valence-electron chi connectivity index (χ0n) is 15.4. The number of ether oxygens (including phenoxy) is 1. The molecular formula is C20H24N6O. The molecule has 3 aromatic heterocycles. The number of aromatic nitrogens is 5. The monoisotopic (exact) mass is 364 g/mol. The lowest BCUT2D eigenvalue weighted by molar-refractivity contribution is 0.213. The van der Waals surface area contributed by atoms with Crippen LogP contribution < -0.4 is 9.64 Å². The van der Waals surface area contributed by atoms with Gasteiger partial charge in [-0.25, -0.2) is 9.50 Å². The Morgan fingerprint density at radius 3 is 2.89 bits per heavy atom. The lowest BCUT2D eigenvalue weighted by atomic mass is 9.97. The van der Waals surface area contributed by atoms with Crippen LogP contribution in [0.25, 0.3) is 5.52 Å². The summed E-state index contributed by atoms with van der Waals surface area (Å²) >= 11 is 0. The predicted octanol–water partition coefficient (Wildman–Crippen LogP) is 2.69. The topological polar surface area (TPSA) is 68.4 Å². The molecule has 0 amide bonds. The molecule has 0 bridgehead atoms. The Hall–Kier alpha value is -2.70. The van der Waals surface area contributed by atoms with Crippen LogP contribution in [0.15, 0.2) is 30.7 Å². The van der Waals surface area contributed by atoms with Gasteiger partial charge in [-0.2, -0.15) is 10.2 Å². The minimum atomic E-state index is 0.545. The normalized spacial score (nSPS) is 17.9. The second-order valence-corrected chi connectivity index (χ2v) is 7.51. The van der Waals surface area contributed by atoms with Crippen LogP contribution in [0.4, 0.5) is 5.82 Å². The Morgan fingerprint density at radius 1 is 1.07 bits per heavy atom. The van der Waals surface area contributed by atoms with Crippen LogP contribution in [0.3, 0.4) is 0 Å². The third-order valence-electron chi connectivity index (χ3n) is 5.73. The number of piperidine rings is 1. The molecule has 5 rings (SSSR count). The molecule has 4 heterocycles. The molecule has 1 fully saturated rings. The first-order chi connectivity index (χ1) is 13.4. The summed E-state index contributed by atoms with van der Waals surface area (Å²) in [5.74, 6) is 2.25. The maximum absolute atomic E-state index is 5.99. The summed E-state index contributed by atoms with van der Waals surface area (Å²) in [7, 11) is 0. The molecule has 1 saturated heterocycles. The number of hydrogen-bond donors (Lipinski definition) is 0. The van der Waals surface area contributed by atoms with Gasteiger partial charge in [-0.15, -0.1) is 5.10 Å². The van der Waals surface area contributed by atoms with Gasteiger partial charge in [0.1, 0.15) is 5.52 Å². The maximum Gasteiger partial charge on any atom is 0.233 e. The van der Waals surface area contributed by atoms with Crippen molar-refractivity contribution < 1.29 is 4.74 Å². The Labute approximate surface area is 158 Å². The van der Waals surface area contributed by atoms with E-state index in [0.717, 1.165) is 55.8 Å². The molecule has 1 aliphatic carbocycles. The van der Waals surface area contributed by atoms with Gasteiger partial charge in [0.05, 0.1) is 18.5 Å². The summed E-state index contributed by atoms with van der Waals surface area (Å²) in [6, 6.07) is 4.12. The summed E-state index contributed by atoms with van der Waals surface area (Å²) in [5, 5.41) is 12.9. The molecule has 1 aliphatic heterocycles. The zero-order chi connectivity index (χ0) is 18.1. The molecule has 2 aliphatic rings. The van der Waals surface area contributed by atoms with Crippen LogP contribution >= 0.6 is 0 Å². The molecule has 27 heavy (non-hydrogen) atoms. The van der Waals surface area contributed by atoms with E-state index in [-0.39, 0.29) is 0 Å². The van der Waals surface area contributed by atoms with E-state index in [9.17, 15) is 0 Å². The Balaban J connectivity index is 1.18. The largest absolute Gasteiger partial charge is 0.476 e. The van der Waals surface area contributed by atoms with Crippen molar-refractivity contribution in [2.45, 2.75) is 38.5 Å². The molecule has 0 radical (unpaired) electrons. The van der Waals surface area contributed by atoms with E-state index in [1.165, 1.54) is 18.4 Å². The highest BCUT2D eigenvalue weighted by Gasteiger charge is 2.23. The van der Waals surface area contributed by atoms with Gasteiger partial charge in [0.15, 0.2) is 5.82 Å². The first-order valence-corrected chi connectivity index (χ1v) is 9.88. The number of fused-ring (bicyclic) bond motifs is 2. The predicted molar refractivity (Wildman–Crippen MR) is 102 cm³/mol. The van der Waals surface area contributed by atoms with Crippen LogP contribution in [-0.4, -0.2) is 44.5 Å². The Kier molecular flexibility index (Phi) is 4.35. The van der Waals surface area contributed by atoms with Gasteiger partial charge in [-0.05, 0) is 56.1 Å². The minimum Gasteiger partial charge on any atom is -0.476 e. The molecule has 0 saturated carbocycles. The standard InChI is InChI=1S/C20H24N6O/c1-2-4-17-16(3-1)13-19(24-23-17)27-14-15-6-10-25(11-7-15)20-18-5-8-22-26(18)12-9-21-20/h5,8-9,12-13,15H,1-4,6-7,10-11,14H2. The second-order valence-electron chi connectivity index (χ2n) is 7.51. The van der Waals surface area contributed by atoms with Crippen molar-refractivity contribution in [3.05, 3.63) is 42.0 Å². The average molecular weight is 364 g/mol. The third-order valence-corrected chi connectivity index (χ3v) is 5.73. The van der Waals surface area contributed by atoms with Crippen molar-refractivity contribution in [2.24, 2.45) is 5.92 Å². The molecule has 0 unspecified atom stereocenters. The average Bonchev–Trinajstić information content (AvgIpc) is 3.21. The van der Waals surface area contributed by atoms with Crippen molar-refractivity contribution in [3.63, 3.8) is 0 Å². The molecule has 7 nitrogen and oxygen atoms in total. The maximum atomic E-state index is 5.99. The fraction of sp³-hybridized carbons (Fsp3) is 0.500. The van der Waals surface area contributed by atoms with Crippen molar-refractivity contribution >= 4 is 11.3 Å². The van der Waals surface area contributed by atoms with E-state index in [4.69, 9.17) is 4.74 Å². The van der Waals surface area contributed by atoms with E-state index in [1.807, 2.05) is 29.2 Å². The van der Waals surface area contributed by atoms with Gasteiger partial charge in [-0.3, -0.25) is 0 Å². The number of hydrogen-bond acceptors (Lipinski definition) is 6. The fourth-order valence-electron chi connectivity index (χ4n) is 4.14. The van der Waals surface area contributed by atoms with Crippen LogP contribution in [0.5, 0.6) is 5.88 Å². The van der Waals surface area contributed by atoms with Gasteiger partial charge in [0.2, 0.25) is 5.88 Å². The van der Waals surface area contributed by atoms with Crippen molar-refractivity contribution in [2.75, 3.05) is 24.6 Å². The lowest BCUT2D eigenvalue weighted by Crippen LogP contribution is -2.36. The van der Waals surface area contributed by atoms with Gasteiger partial charge < -0.3 is 9.64 Å². The summed E-state index contributed by atoms with van der Waals surface area (Å²) < 4.78 is 7.87. The minimum absolute atomic E-state index is 0.545. The van der Waals surface area contributed by atoms with Crippen LogP contribution in [0.1, 0.15) is 36.9 Å². The summed E-state index contributed by atoms with van der Waals surface area (Å²) in [5.41, 5.74) is 3.54. The quantitative estimate of drug-likeness (QED) is 0.709. The Morgan fingerprint density at radius 2 is 1.96 bits per heavy atom. The van der Waals surface area contributed by atoms with E-state index >= 15 is 0 Å². The number of aryl methyl sites for hydroxylation is 2. The van der Waals surface area contributed by atoms with Crippen molar-refractivity contribution in [1.82, 2.24) is 24.8 Å². The molecule has 7 heteroatoms. The lowest BCUT2D eigenvalue weighted by Gasteiger charge is -2.32. The molecule has 0 aromatic carbocycles. The van der Waals surface area contributed by atoms with Crippen LogP contribution in [-0.2, 0) is 12.8 Å². The van der Waals surface area contributed by atoms with Gasteiger partial charge in [-0.1, -0.05) is 0 Å². The van der Waals surface area contributed by atoms with E-state index in [1.54, 1.807) is 0 Å². The molecule has 0 N–H and O–H groups in total. The number of nitrogens with zero attached hydrogens (tertiary/aromatic N) is 6. The highest BCUT2D eigenvalue weighted by molar-refractivity contribution is 5.68. The second kappa shape index (κ2) is 7.13. The summed E-state index contributed by atoms with van der Waals surface area (Å²) in [4.78, 5) is 6.93. The van der Waals surface area contributed by atoms with Gasteiger partial charge in [0, 0.05) is 31.5 Å². The highest BCUT2D eigenvalue weighted by Crippen LogP contribution is 2.26. The number of anilines is 1. The van der Waals surface area contributed by atoms with Crippen molar-refractivity contribution in [3.8, 4) is 5.88 Å². The molecule has 0 atom stereocenters. The van der Waals surface area contributed by atoms with E-state index < -0.39 is 0 Å². The first-order valence-electron chi connectivity index (χ1n) is 9.88. The van der Waals surface area contributed by atoms with Crippen molar-refractivity contribution in [1.29, 1.82) is 0 Å². The highest BCUT2D eigenvalue weighted by atomic mass is 16.5. The number of rotatable bonds is 4. The zero-order valence-corrected chi connectivity index (χ0v) is 15.4. The summed E-state index contributed by atoms with van der Waals surface area (Å²) in [6.07, 6.45) is 12.3. The first kappa shape index (κ1) is 16.5. The molecular weight excluding hydrogens is 340 g/mol. The third kappa shape index (κ3) is 3.34. The van der Waals surface area contributed by atoms with Gasteiger partial charge >= 0.3 is 0 Å². The van der Waals surface area contributed by atoms with Crippen LogP contribution in [0.2, 0.25) is 0 Å². The molecule has 3 aromatic rings. The van der Waals surface area contributed by atoms with Crippen LogP contribution in [0, 0.1) is 5.92 Å². The van der Waals surface area contributed by atoms with E-state index in [2.05, 4.69) is 31.2 Å². The smallest absolute Gasteiger partial charge is 0.233 e. The SMILES string of the molecule is c1cn2nccc2c(N2CCC(COc3cc4c(nn3)CCCC4)CC2)n1. The summed E-state index contributed by atoms with van der Waals surface area (Å²) in [6.45, 7) is 2.69. The molecule has 0 spiro atoms. The van der Waals surface area contributed by atoms with Gasteiger partial charge in [0.25, 0.3) is 0 Å². The van der Waals surface area contributed by atoms with E-state index in [0.29, 0.717) is 18.4 Å².